The molecule has 0 unspecified atom stereocenters. The predicted molar refractivity (Wildman–Crippen MR) is 252 cm³/mol. The quantitative estimate of drug-likeness (QED) is 0.149. The second-order valence-corrected chi connectivity index (χ2v) is 15.6. The molecule has 0 spiro atoms. The van der Waals surface area contributed by atoms with E-state index in [-0.39, 0.29) is 0 Å². The lowest BCUT2D eigenvalue weighted by Gasteiger charge is -2.35. The third kappa shape index (κ3) is 5.86. The number of rotatable bonds is 8. The molecule has 282 valence electrons. The fraction of sp³-hybridized carbons (Fsp3) is 0.0169. The van der Waals surface area contributed by atoms with Gasteiger partial charge in [-0.15, -0.1) is 0 Å². The van der Waals surface area contributed by atoms with Crippen LogP contribution in [-0.2, 0) is 5.41 Å². The van der Waals surface area contributed by atoms with E-state index < -0.39 is 5.41 Å². The number of anilines is 3. The summed E-state index contributed by atoms with van der Waals surface area (Å²) in [5, 5.41) is 2.44. The van der Waals surface area contributed by atoms with Crippen LogP contribution >= 0.6 is 0 Å². The number of benzene rings is 10. The zero-order chi connectivity index (χ0) is 39.9. The fourth-order valence-corrected chi connectivity index (χ4v) is 9.63. The minimum atomic E-state index is -0.546. The average molecular weight is 764 g/mol. The maximum absolute atomic E-state index is 2.47. The topological polar surface area (TPSA) is 3.24 Å². The summed E-state index contributed by atoms with van der Waals surface area (Å²) in [6.07, 6.45) is 0. The van der Waals surface area contributed by atoms with E-state index in [0.29, 0.717) is 0 Å². The van der Waals surface area contributed by atoms with Crippen LogP contribution < -0.4 is 4.90 Å². The Morgan fingerprint density at radius 3 is 1.23 bits per heavy atom. The molecule has 0 N–H and O–H groups in total. The van der Waals surface area contributed by atoms with Gasteiger partial charge in [-0.1, -0.05) is 212 Å². The first-order valence-electron chi connectivity index (χ1n) is 20.8. The second-order valence-electron chi connectivity index (χ2n) is 15.6. The Hall–Kier alpha value is -7.74. The van der Waals surface area contributed by atoms with Gasteiger partial charge in [-0.05, 0) is 109 Å². The summed E-state index contributed by atoms with van der Waals surface area (Å²) in [6, 6.07) is 91.0. The molecule has 1 heteroatoms. The first-order chi connectivity index (χ1) is 29.8. The van der Waals surface area contributed by atoms with Crippen molar-refractivity contribution in [2.75, 3.05) is 4.90 Å². The number of nitrogens with zero attached hydrogens (tertiary/aromatic N) is 1. The Morgan fingerprint density at radius 2 is 0.683 bits per heavy atom. The van der Waals surface area contributed by atoms with Crippen LogP contribution in [0.25, 0.3) is 55.3 Å². The van der Waals surface area contributed by atoms with E-state index in [2.05, 4.69) is 254 Å². The minimum Gasteiger partial charge on any atom is -0.310 e. The van der Waals surface area contributed by atoms with Crippen LogP contribution in [0.1, 0.15) is 22.3 Å². The van der Waals surface area contributed by atoms with Gasteiger partial charge in [-0.3, -0.25) is 0 Å². The summed E-state index contributed by atoms with van der Waals surface area (Å²) in [7, 11) is 0. The number of fused-ring (bicyclic) bond motifs is 5. The highest BCUT2D eigenvalue weighted by atomic mass is 15.1. The molecule has 0 fully saturated rings. The van der Waals surface area contributed by atoms with Crippen LogP contribution in [-0.4, -0.2) is 0 Å². The van der Waals surface area contributed by atoms with E-state index in [1.54, 1.807) is 0 Å². The highest BCUT2D eigenvalue weighted by Crippen LogP contribution is 2.60. The molecule has 0 aromatic heterocycles. The molecular formula is C59H41N. The van der Waals surface area contributed by atoms with Crippen LogP contribution in [0.2, 0.25) is 0 Å². The van der Waals surface area contributed by atoms with Gasteiger partial charge in [0.2, 0.25) is 0 Å². The lowest BCUT2D eigenvalue weighted by molar-refractivity contribution is 0.775. The first kappa shape index (κ1) is 35.4. The monoisotopic (exact) mass is 763 g/mol. The third-order valence-electron chi connectivity index (χ3n) is 12.3. The van der Waals surface area contributed by atoms with Crippen molar-refractivity contribution in [1.29, 1.82) is 0 Å². The summed E-state index contributed by atoms with van der Waals surface area (Å²) in [6.45, 7) is 0. The van der Waals surface area contributed by atoms with Gasteiger partial charge in [0.1, 0.15) is 0 Å². The Kier molecular flexibility index (Phi) is 8.79. The molecule has 0 saturated heterocycles. The van der Waals surface area contributed by atoms with Crippen molar-refractivity contribution < 1.29 is 0 Å². The molecular weight excluding hydrogens is 723 g/mol. The van der Waals surface area contributed by atoms with Gasteiger partial charge in [0.25, 0.3) is 0 Å². The van der Waals surface area contributed by atoms with Gasteiger partial charge in [-0.2, -0.15) is 0 Å². The van der Waals surface area contributed by atoms with Gasteiger partial charge >= 0.3 is 0 Å². The summed E-state index contributed by atoms with van der Waals surface area (Å²) >= 11 is 0. The van der Waals surface area contributed by atoms with E-state index in [0.717, 1.165) is 17.1 Å². The van der Waals surface area contributed by atoms with Crippen molar-refractivity contribution in [1.82, 2.24) is 0 Å². The number of hydrogen-bond acceptors (Lipinski definition) is 1. The molecule has 0 bridgehead atoms. The lowest BCUT2D eigenvalue weighted by Crippen LogP contribution is -2.29. The van der Waals surface area contributed by atoms with Gasteiger partial charge in [0.15, 0.2) is 0 Å². The van der Waals surface area contributed by atoms with E-state index >= 15 is 0 Å². The van der Waals surface area contributed by atoms with E-state index in [9.17, 15) is 0 Å². The lowest BCUT2D eigenvalue weighted by atomic mass is 9.66. The largest absolute Gasteiger partial charge is 0.310 e. The molecule has 1 aliphatic carbocycles. The molecule has 11 rings (SSSR count). The second kappa shape index (κ2) is 14.9. The van der Waals surface area contributed by atoms with Crippen molar-refractivity contribution >= 4 is 27.8 Å². The Morgan fingerprint density at radius 1 is 0.283 bits per heavy atom. The minimum absolute atomic E-state index is 0.546. The van der Waals surface area contributed by atoms with Gasteiger partial charge in [-0.25, -0.2) is 0 Å². The fourth-order valence-electron chi connectivity index (χ4n) is 9.63. The summed E-state index contributed by atoms with van der Waals surface area (Å²) < 4.78 is 0. The molecule has 0 radical (unpaired) electrons. The van der Waals surface area contributed by atoms with Crippen LogP contribution in [0.3, 0.4) is 0 Å². The normalized spacial score (nSPS) is 12.5. The highest BCUT2D eigenvalue weighted by molar-refractivity contribution is 6.09. The average Bonchev–Trinajstić information content (AvgIpc) is 3.64. The molecule has 0 amide bonds. The molecule has 10 aromatic carbocycles. The van der Waals surface area contributed by atoms with E-state index in [4.69, 9.17) is 0 Å². The van der Waals surface area contributed by atoms with Crippen molar-refractivity contribution in [3.05, 3.63) is 271 Å². The van der Waals surface area contributed by atoms with Gasteiger partial charge in [0.05, 0.1) is 11.1 Å². The molecule has 0 saturated carbocycles. The Bertz CT molecular complexity index is 3050. The van der Waals surface area contributed by atoms with Crippen LogP contribution in [0, 0.1) is 0 Å². The van der Waals surface area contributed by atoms with Crippen molar-refractivity contribution in [3.63, 3.8) is 0 Å². The molecule has 10 aromatic rings. The zero-order valence-electron chi connectivity index (χ0n) is 33.1. The maximum Gasteiger partial charge on any atom is 0.0719 e. The summed E-state index contributed by atoms with van der Waals surface area (Å²) in [5.74, 6) is 0. The molecule has 60 heavy (non-hydrogen) atoms. The van der Waals surface area contributed by atoms with Crippen molar-refractivity contribution in [2.45, 2.75) is 5.41 Å². The van der Waals surface area contributed by atoms with Crippen LogP contribution in [0.15, 0.2) is 249 Å². The first-order valence-corrected chi connectivity index (χ1v) is 20.8. The zero-order valence-corrected chi connectivity index (χ0v) is 33.1. The van der Waals surface area contributed by atoms with Crippen molar-refractivity contribution in [3.8, 4) is 44.5 Å². The number of para-hydroxylation sites is 1. The SMILES string of the molecule is c1ccc(-c2ccc(-c3ccc(N(c4ccccc4)c4cc5c(c6ccccc46)C(c4ccccc4)(c4ccccc4)c4ccc(-c6ccccc6)cc4-5)cc3)cc2)cc1. The maximum atomic E-state index is 2.47. The smallest absolute Gasteiger partial charge is 0.0719 e. The van der Waals surface area contributed by atoms with E-state index in [1.165, 1.54) is 77.5 Å². The Balaban J connectivity index is 1.15. The third-order valence-corrected chi connectivity index (χ3v) is 12.3. The molecule has 0 aliphatic heterocycles. The molecule has 0 atom stereocenters. The molecule has 0 heterocycles. The van der Waals surface area contributed by atoms with Crippen LogP contribution in [0.4, 0.5) is 17.1 Å². The summed E-state index contributed by atoms with van der Waals surface area (Å²) in [4.78, 5) is 2.44. The summed E-state index contributed by atoms with van der Waals surface area (Å²) in [5.41, 5.74) is 17.7. The highest BCUT2D eigenvalue weighted by Gasteiger charge is 2.47. The van der Waals surface area contributed by atoms with Crippen molar-refractivity contribution in [2.24, 2.45) is 0 Å². The van der Waals surface area contributed by atoms with Gasteiger partial charge < -0.3 is 4.90 Å². The molecule has 1 aliphatic rings. The predicted octanol–water partition coefficient (Wildman–Crippen LogP) is 15.7. The Labute approximate surface area is 352 Å². The van der Waals surface area contributed by atoms with Gasteiger partial charge in [0, 0.05) is 16.8 Å². The number of hydrogen-bond donors (Lipinski definition) is 0. The standard InChI is InChI=1S/C59H41N/c1-6-18-42(19-7-1)44-30-32-45(33-31-44)46-34-37-51(38-35-46)60(50-26-14-5-15-27-50)57-41-55-54-40-47(43-20-8-2-9-21-43)36-39-56(54)59(48-22-10-3-11-23-48,49-24-12-4-13-25-49)58(55)53-29-17-16-28-52(53)57/h1-41H. The molecule has 1 nitrogen and oxygen atoms in total. The van der Waals surface area contributed by atoms with E-state index in [1.807, 2.05) is 0 Å². The van der Waals surface area contributed by atoms with Crippen LogP contribution in [0.5, 0.6) is 0 Å².